The van der Waals surface area contributed by atoms with Crippen molar-refractivity contribution in [3.05, 3.63) is 83.4 Å². The number of nitrogens with two attached hydrogens (primary N) is 1. The van der Waals surface area contributed by atoms with Crippen LogP contribution in [0.1, 0.15) is 73.6 Å². The first-order valence-electron chi connectivity index (χ1n) is 27.5. The van der Waals surface area contributed by atoms with E-state index in [1.165, 1.54) is 42.1 Å². The zero-order chi connectivity index (χ0) is 55.7. The zero-order valence-corrected chi connectivity index (χ0v) is 45.9. The van der Waals surface area contributed by atoms with Crippen LogP contribution in [0.25, 0.3) is 11.1 Å². The first-order valence-corrected chi connectivity index (χ1v) is 28.5. The van der Waals surface area contributed by atoms with E-state index in [2.05, 4.69) is 41.9 Å². The number of likely N-dealkylation sites (N-methyl/N-ethyl adjacent to an activating group) is 1. The summed E-state index contributed by atoms with van der Waals surface area (Å²) in [6, 6.07) is 7.29. The summed E-state index contributed by atoms with van der Waals surface area (Å²) in [5, 5.41) is 24.7. The van der Waals surface area contributed by atoms with Crippen molar-refractivity contribution in [3.63, 3.8) is 0 Å². The summed E-state index contributed by atoms with van der Waals surface area (Å²) in [5.41, 5.74) is 9.41. The summed E-state index contributed by atoms with van der Waals surface area (Å²) in [4.78, 5) is 85.3. The van der Waals surface area contributed by atoms with Gasteiger partial charge in [-0.25, -0.2) is 13.8 Å². The monoisotopic (exact) mass is 1110 g/mol. The molecule has 0 saturated carbocycles. The number of halogens is 2. The van der Waals surface area contributed by atoms with Crippen molar-refractivity contribution in [1.29, 1.82) is 5.26 Å². The number of nitrogen functional groups attached to an aromatic ring is 1. The number of hydrogen-bond donors (Lipinski definition) is 4. The number of nitrogens with zero attached hydrogens (tertiary/aromatic N) is 9. The average Bonchev–Trinajstić information content (AvgIpc) is 4.50. The number of likely N-dealkylation sites (tertiary alicyclic amines) is 2. The number of fused-ring (bicyclic) bond motifs is 8. The van der Waals surface area contributed by atoms with E-state index in [1.807, 2.05) is 11.0 Å². The van der Waals surface area contributed by atoms with Gasteiger partial charge in [-0.2, -0.15) is 10.4 Å². The highest BCUT2D eigenvalue weighted by Crippen LogP contribution is 2.42. The number of pyridine rings is 1. The van der Waals surface area contributed by atoms with E-state index >= 15 is 0 Å². The molecule has 7 heterocycles. The molecular weight excluding hydrogens is 1040 g/mol. The summed E-state index contributed by atoms with van der Waals surface area (Å²) >= 11 is 1.48. The van der Waals surface area contributed by atoms with Crippen LogP contribution in [0.3, 0.4) is 0 Å². The van der Waals surface area contributed by atoms with Gasteiger partial charge in [-0.3, -0.25) is 33.6 Å². The molecule has 3 fully saturated rings. The third-order valence-corrected chi connectivity index (χ3v) is 17.3. The maximum Gasteiger partial charge on any atom is 0.246 e. The van der Waals surface area contributed by atoms with E-state index in [9.17, 15) is 38.0 Å². The minimum absolute atomic E-state index is 0.0875. The molecule has 1 aromatic carbocycles. The Kier molecular flexibility index (Phi) is 18.9. The van der Waals surface area contributed by atoms with Gasteiger partial charge < -0.3 is 50.8 Å². The van der Waals surface area contributed by atoms with Crippen molar-refractivity contribution in [2.24, 2.45) is 22.7 Å². The lowest BCUT2D eigenvalue weighted by atomic mass is 9.80. The number of amides is 4. The van der Waals surface area contributed by atoms with Crippen molar-refractivity contribution in [3.8, 4) is 17.2 Å². The molecule has 3 aromatic rings. The average molecular weight is 1110 g/mol. The number of Topliss-reactive ketones (excluding diaryl/α,β-unsaturated/α-hetero) is 1. The van der Waals surface area contributed by atoms with Gasteiger partial charge in [0.25, 0.3) is 0 Å². The van der Waals surface area contributed by atoms with Crippen molar-refractivity contribution < 1.29 is 42.2 Å². The molecule has 20 nitrogen and oxygen atoms in total. The Bertz CT molecular complexity index is 2870. The Morgan fingerprint density at radius 2 is 1.75 bits per heavy atom. The third kappa shape index (κ3) is 13.2. The minimum Gasteiger partial charge on any atom is -0.382 e. The SMILES string of the molecule is CN[C@H](C)C(=O)N[C@@H](C(=O)N1CCC[C@@H]1C1=NC(C(=O)c2ccc(F)cc2)CS1)C1CCN(CCOCCOCCC(=O)NCCn2nc(C#N)c3c2CN(C)C(=O)C2C=CC(F)=CC2[C@H]2CCCN2c2cc-3cnc2N)CC1. The largest absolute Gasteiger partial charge is 0.382 e. The van der Waals surface area contributed by atoms with E-state index in [1.54, 1.807) is 48.9 Å². The molecule has 0 radical (unpaired) electrons. The molecule has 7 atom stereocenters. The van der Waals surface area contributed by atoms with E-state index in [-0.39, 0.29) is 91.6 Å². The fraction of sp³-hybridized carbons (Fsp3) is 0.554. The van der Waals surface area contributed by atoms with Crippen LogP contribution < -0.4 is 26.6 Å². The number of thioether (sulfide) groups is 1. The van der Waals surface area contributed by atoms with Crippen LogP contribution in [-0.2, 0) is 41.7 Å². The van der Waals surface area contributed by atoms with Crippen LogP contribution in [0.4, 0.5) is 20.3 Å². The van der Waals surface area contributed by atoms with E-state index in [0.29, 0.717) is 98.4 Å². The highest BCUT2D eigenvalue weighted by Gasteiger charge is 2.44. The van der Waals surface area contributed by atoms with Gasteiger partial charge in [0.2, 0.25) is 23.6 Å². The second kappa shape index (κ2) is 26.1. The van der Waals surface area contributed by atoms with Crippen molar-refractivity contribution >= 4 is 57.7 Å². The van der Waals surface area contributed by atoms with Crippen LogP contribution in [0.2, 0.25) is 0 Å². The number of piperidine rings is 1. The summed E-state index contributed by atoms with van der Waals surface area (Å²) in [6.45, 7) is 6.82. The summed E-state index contributed by atoms with van der Waals surface area (Å²) < 4.78 is 41.6. The number of rotatable bonds is 20. The van der Waals surface area contributed by atoms with Crippen LogP contribution in [0.5, 0.6) is 0 Å². The second-order valence-corrected chi connectivity index (χ2v) is 22.1. The predicted octanol–water partition coefficient (Wildman–Crippen LogP) is 3.87. The quantitative estimate of drug-likeness (QED) is 0.0927. The molecule has 4 amide bonds. The standard InChI is InChI=1S/C56H71F2N13O7S/c1-34(61-2)53(74)65-50(56(76)70-19-5-7-45(70)54-64-43(33-79-54)51(73)36-8-10-38(57)11-9-36)35-14-20-68(21-15-35)23-25-78-27-26-77-24-16-48(72)62-17-22-71-47-32-67(3)55(75)40-13-12-39(58)29-41(40)44-6-4-18-69(44)46-28-37(31-63-52(46)60)49(47)42(30-59)66-71/h8-13,28-29,31,34-35,40-41,43-45,50,61H,4-7,14-27,32-33H2,1-3H3,(H2,60,63)(H,62,72)(H,65,74)/t34-,40?,41?,43?,44-,45-,50-/m1/s1. The number of aromatic nitrogens is 3. The number of ketones is 1. The van der Waals surface area contributed by atoms with Crippen LogP contribution >= 0.6 is 11.8 Å². The summed E-state index contributed by atoms with van der Waals surface area (Å²) in [5.74, 6) is -2.18. The van der Waals surface area contributed by atoms with E-state index in [4.69, 9.17) is 20.2 Å². The van der Waals surface area contributed by atoms with Gasteiger partial charge in [-0.15, -0.1) is 11.8 Å². The molecule has 1 aliphatic carbocycles. The molecule has 79 heavy (non-hydrogen) atoms. The lowest BCUT2D eigenvalue weighted by Crippen LogP contribution is -2.58. The number of carbonyl (C=O) groups excluding carboxylic acids is 5. The smallest absolute Gasteiger partial charge is 0.246 e. The number of carbonyl (C=O) groups is 5. The van der Waals surface area contributed by atoms with Gasteiger partial charge in [-0.1, -0.05) is 6.08 Å². The maximum atomic E-state index is 14.8. The van der Waals surface area contributed by atoms with Crippen LogP contribution in [0.15, 0.2) is 65.6 Å². The highest BCUT2D eigenvalue weighted by molar-refractivity contribution is 8.14. The second-order valence-electron chi connectivity index (χ2n) is 21.1. The fourth-order valence-corrected chi connectivity index (χ4v) is 12.9. The van der Waals surface area contributed by atoms with Gasteiger partial charge in [0.1, 0.15) is 35.6 Å². The van der Waals surface area contributed by atoms with Gasteiger partial charge >= 0.3 is 0 Å². The van der Waals surface area contributed by atoms with Gasteiger partial charge in [0.15, 0.2) is 11.5 Å². The fourth-order valence-electron chi connectivity index (χ4n) is 11.7. The molecule has 3 unspecified atom stereocenters. The first kappa shape index (κ1) is 57.1. The van der Waals surface area contributed by atoms with Crippen molar-refractivity contribution in [2.75, 3.05) is 96.2 Å². The van der Waals surface area contributed by atoms with Gasteiger partial charge in [-0.05, 0) is 114 Å². The maximum absolute atomic E-state index is 14.8. The van der Waals surface area contributed by atoms with Crippen LogP contribution in [0, 0.1) is 34.9 Å². The van der Waals surface area contributed by atoms with Gasteiger partial charge in [0.05, 0.1) is 73.9 Å². The lowest BCUT2D eigenvalue weighted by molar-refractivity contribution is -0.138. The Morgan fingerprint density at radius 1 is 0.987 bits per heavy atom. The highest BCUT2D eigenvalue weighted by atomic mass is 32.2. The molecule has 9 rings (SSSR count). The molecule has 3 saturated heterocycles. The summed E-state index contributed by atoms with van der Waals surface area (Å²) in [6.07, 6.45) is 10.7. The number of anilines is 2. The number of ether oxygens (including phenoxy) is 2. The normalized spacial score (nSPS) is 23.1. The number of hydrogen-bond acceptors (Lipinski definition) is 16. The minimum atomic E-state index is -0.721. The van der Waals surface area contributed by atoms with Crippen molar-refractivity contribution in [2.45, 2.75) is 95.2 Å². The van der Waals surface area contributed by atoms with Crippen LogP contribution in [-0.4, -0.2) is 180 Å². The Morgan fingerprint density at radius 3 is 2.51 bits per heavy atom. The number of nitrogens with one attached hydrogen (secondary N) is 3. The molecule has 23 heteroatoms. The Balaban J connectivity index is 0.713. The molecule has 5 N–H and O–H groups in total. The van der Waals surface area contributed by atoms with E-state index in [0.717, 1.165) is 37.4 Å². The number of allylic oxidation sites excluding steroid dienone is 2. The lowest BCUT2D eigenvalue weighted by Gasteiger charge is -2.38. The molecule has 6 aliphatic rings. The van der Waals surface area contributed by atoms with Gasteiger partial charge in [0, 0.05) is 80.2 Å². The molecule has 422 valence electrons. The molecule has 0 spiro atoms. The Labute approximate surface area is 463 Å². The van der Waals surface area contributed by atoms with Crippen molar-refractivity contribution in [1.82, 2.24) is 45.4 Å². The number of nitriles is 1. The van der Waals surface area contributed by atoms with E-state index < -0.39 is 35.8 Å². The molecule has 2 aromatic heterocycles. The number of benzene rings is 1. The molecular formula is C56H71F2N13O7S. The Hall–Kier alpha value is -6.58. The molecule has 2 bridgehead atoms. The topological polar surface area (TPSA) is 246 Å². The predicted molar refractivity (Wildman–Crippen MR) is 295 cm³/mol. The zero-order valence-electron chi connectivity index (χ0n) is 45.1. The first-order chi connectivity index (χ1) is 38.2. The third-order valence-electron chi connectivity index (χ3n) is 16.1. The summed E-state index contributed by atoms with van der Waals surface area (Å²) in [7, 11) is 3.39. The number of aliphatic imine (C=N–C) groups is 1. The molecule has 5 aliphatic heterocycles.